The maximum Gasteiger partial charge on any atom is 0.240 e. The topological polar surface area (TPSA) is 58.9 Å². The first-order chi connectivity index (χ1) is 5.77. The monoisotopic (exact) mass is 166 g/mol. The normalized spacial score (nSPS) is 28.6. The van der Waals surface area contributed by atoms with Crippen LogP contribution in [-0.2, 0) is 4.79 Å². The summed E-state index contributed by atoms with van der Waals surface area (Å²) in [5.41, 5.74) is 0.470. The van der Waals surface area contributed by atoms with Gasteiger partial charge in [-0.2, -0.15) is 9.90 Å². The van der Waals surface area contributed by atoms with Crippen LogP contribution in [0.3, 0.4) is 0 Å². The summed E-state index contributed by atoms with van der Waals surface area (Å²) in [4.78, 5) is 23.7. The molecule has 0 amide bonds. The van der Waals surface area contributed by atoms with Gasteiger partial charge in [-0.1, -0.05) is 18.2 Å². The van der Waals surface area contributed by atoms with Crippen molar-refractivity contribution in [1.29, 1.82) is 0 Å². The van der Waals surface area contributed by atoms with Crippen LogP contribution in [0.2, 0.25) is 0 Å². The Labute approximate surface area is 70.3 Å². The molecule has 0 bridgehead atoms. The van der Waals surface area contributed by atoms with Gasteiger partial charge in [-0.05, 0) is 18.8 Å². The fourth-order valence-electron chi connectivity index (χ4n) is 1.33. The number of nitroso groups, excluding NO2 is 1. The number of carbonyl (C=O) groups excluding carboxylic acids is 1. The van der Waals surface area contributed by atoms with Crippen LogP contribution >= 0.6 is 0 Å². The van der Waals surface area contributed by atoms with Crippen molar-refractivity contribution in [2.24, 2.45) is 16.1 Å². The molecule has 0 saturated carbocycles. The van der Waals surface area contributed by atoms with Gasteiger partial charge < -0.3 is 0 Å². The molecule has 64 valence electrons. The van der Waals surface area contributed by atoms with E-state index < -0.39 is 6.04 Å². The second kappa shape index (κ2) is 3.93. The number of isocyanates is 1. The summed E-state index contributed by atoms with van der Waals surface area (Å²) in [7, 11) is 0. The van der Waals surface area contributed by atoms with Crippen molar-refractivity contribution in [3.8, 4) is 0 Å². The molecule has 2 atom stereocenters. The average molecular weight is 166 g/mol. The number of aliphatic imine (C=N–C) groups is 1. The standard InChI is InChI=1S/C8H10N2O2/c1-6-2-3-7(9-5-11)8(4-6)10-12/h3,6,8H,2,4H2,1H3. The first-order valence-electron chi connectivity index (χ1n) is 3.88. The molecule has 2 unspecified atom stereocenters. The van der Waals surface area contributed by atoms with E-state index in [-0.39, 0.29) is 0 Å². The quantitative estimate of drug-likeness (QED) is 0.356. The fourth-order valence-corrected chi connectivity index (χ4v) is 1.33. The third-order valence-electron chi connectivity index (χ3n) is 2.00. The molecule has 1 aliphatic carbocycles. The number of rotatable bonds is 2. The highest BCUT2D eigenvalue weighted by Crippen LogP contribution is 2.26. The van der Waals surface area contributed by atoms with Gasteiger partial charge in [0, 0.05) is 0 Å². The van der Waals surface area contributed by atoms with Gasteiger partial charge in [0.15, 0.2) is 0 Å². The first-order valence-corrected chi connectivity index (χ1v) is 3.88. The van der Waals surface area contributed by atoms with Gasteiger partial charge in [0.25, 0.3) is 0 Å². The lowest BCUT2D eigenvalue weighted by molar-refractivity contribution is 0.468. The van der Waals surface area contributed by atoms with Crippen LogP contribution in [0.5, 0.6) is 0 Å². The largest absolute Gasteiger partial charge is 0.240 e. The summed E-state index contributed by atoms with van der Waals surface area (Å²) in [5.74, 6) is 0.443. The minimum Gasteiger partial charge on any atom is -0.211 e. The Hall–Kier alpha value is -1.28. The SMILES string of the molecule is CC1CC=C(N=C=O)C(N=O)C1. The summed E-state index contributed by atoms with van der Waals surface area (Å²) in [6.07, 6.45) is 4.74. The molecule has 0 aromatic carbocycles. The highest BCUT2D eigenvalue weighted by Gasteiger charge is 2.22. The van der Waals surface area contributed by atoms with Gasteiger partial charge >= 0.3 is 0 Å². The summed E-state index contributed by atoms with van der Waals surface area (Å²) in [5, 5.41) is 2.91. The van der Waals surface area contributed by atoms with Crippen molar-refractivity contribution in [1.82, 2.24) is 0 Å². The molecule has 4 heteroatoms. The Morgan fingerprint density at radius 1 is 1.67 bits per heavy atom. The van der Waals surface area contributed by atoms with Crippen LogP contribution in [0, 0.1) is 10.8 Å². The van der Waals surface area contributed by atoms with Crippen LogP contribution in [0.15, 0.2) is 21.9 Å². The van der Waals surface area contributed by atoms with Crippen molar-refractivity contribution in [3.05, 3.63) is 16.7 Å². The molecule has 0 aromatic heterocycles. The fraction of sp³-hybridized carbons (Fsp3) is 0.625. The van der Waals surface area contributed by atoms with E-state index >= 15 is 0 Å². The predicted molar refractivity (Wildman–Crippen MR) is 44.2 cm³/mol. The molecule has 1 rings (SSSR count). The Morgan fingerprint density at radius 3 is 3.00 bits per heavy atom. The summed E-state index contributed by atoms with van der Waals surface area (Å²) < 4.78 is 0. The van der Waals surface area contributed by atoms with Gasteiger partial charge in [0.2, 0.25) is 6.08 Å². The van der Waals surface area contributed by atoms with Crippen molar-refractivity contribution in [2.75, 3.05) is 0 Å². The van der Waals surface area contributed by atoms with E-state index in [1.54, 1.807) is 6.08 Å². The van der Waals surface area contributed by atoms with E-state index in [9.17, 15) is 9.70 Å². The van der Waals surface area contributed by atoms with Crippen LogP contribution in [0.1, 0.15) is 19.8 Å². The van der Waals surface area contributed by atoms with Crippen molar-refractivity contribution in [2.45, 2.75) is 25.8 Å². The smallest absolute Gasteiger partial charge is 0.211 e. The van der Waals surface area contributed by atoms with E-state index in [0.717, 1.165) is 6.42 Å². The van der Waals surface area contributed by atoms with E-state index in [0.29, 0.717) is 18.0 Å². The Balaban J connectivity index is 2.81. The zero-order valence-electron chi connectivity index (χ0n) is 6.86. The second-order valence-electron chi connectivity index (χ2n) is 3.03. The Kier molecular flexibility index (Phi) is 2.88. The average Bonchev–Trinajstić information content (AvgIpc) is 2.08. The number of hydrogen-bond acceptors (Lipinski definition) is 4. The highest BCUT2D eigenvalue weighted by atomic mass is 16.3. The molecule has 1 aliphatic rings. The lowest BCUT2D eigenvalue weighted by atomic mass is 9.91. The Bertz CT molecular complexity index is 254. The number of nitrogens with zero attached hydrogens (tertiary/aromatic N) is 2. The molecule has 0 heterocycles. The van der Waals surface area contributed by atoms with Crippen LogP contribution in [0.4, 0.5) is 0 Å². The number of allylic oxidation sites excluding steroid dienone is 1. The Morgan fingerprint density at radius 2 is 2.42 bits per heavy atom. The highest BCUT2D eigenvalue weighted by molar-refractivity contribution is 5.38. The summed E-state index contributed by atoms with van der Waals surface area (Å²) in [6, 6.07) is -0.449. The zero-order valence-corrected chi connectivity index (χ0v) is 6.86. The van der Waals surface area contributed by atoms with Crippen LogP contribution < -0.4 is 0 Å². The lowest BCUT2D eigenvalue weighted by Gasteiger charge is -2.18. The van der Waals surface area contributed by atoms with Gasteiger partial charge in [-0.3, -0.25) is 0 Å². The van der Waals surface area contributed by atoms with Crippen LogP contribution in [0.25, 0.3) is 0 Å². The molecule has 12 heavy (non-hydrogen) atoms. The maximum absolute atomic E-state index is 10.3. The van der Waals surface area contributed by atoms with Crippen molar-refractivity contribution in [3.63, 3.8) is 0 Å². The first kappa shape index (κ1) is 8.81. The molecule has 0 radical (unpaired) electrons. The molecule has 0 fully saturated rings. The minimum atomic E-state index is -0.449. The molecule has 0 saturated heterocycles. The third-order valence-corrected chi connectivity index (χ3v) is 2.00. The van der Waals surface area contributed by atoms with E-state index in [1.165, 1.54) is 6.08 Å². The predicted octanol–water partition coefficient (Wildman–Crippen LogP) is 1.77. The van der Waals surface area contributed by atoms with E-state index in [2.05, 4.69) is 10.2 Å². The third kappa shape index (κ3) is 1.86. The zero-order chi connectivity index (χ0) is 8.97. The maximum atomic E-state index is 10.3. The minimum absolute atomic E-state index is 0.443. The van der Waals surface area contributed by atoms with E-state index in [4.69, 9.17) is 0 Å². The van der Waals surface area contributed by atoms with Gasteiger partial charge in [-0.15, -0.1) is 0 Å². The molecule has 0 N–H and O–H groups in total. The summed E-state index contributed by atoms with van der Waals surface area (Å²) in [6.45, 7) is 2.04. The molecule has 0 spiro atoms. The van der Waals surface area contributed by atoms with Crippen LogP contribution in [-0.4, -0.2) is 12.1 Å². The number of hydrogen-bond donors (Lipinski definition) is 0. The molecule has 0 aliphatic heterocycles. The summed E-state index contributed by atoms with van der Waals surface area (Å²) >= 11 is 0. The van der Waals surface area contributed by atoms with Gasteiger partial charge in [0.05, 0.1) is 5.70 Å². The molecular formula is C8H10N2O2. The lowest BCUT2D eigenvalue weighted by Crippen LogP contribution is -2.15. The molecular weight excluding hydrogens is 156 g/mol. The van der Waals surface area contributed by atoms with Crippen molar-refractivity contribution >= 4 is 6.08 Å². The van der Waals surface area contributed by atoms with Gasteiger partial charge in [-0.25, -0.2) is 4.79 Å². The van der Waals surface area contributed by atoms with Crippen molar-refractivity contribution < 1.29 is 4.79 Å². The second-order valence-corrected chi connectivity index (χ2v) is 3.03. The molecule has 0 aromatic rings. The van der Waals surface area contributed by atoms with E-state index in [1.807, 2.05) is 6.92 Å². The molecule has 4 nitrogen and oxygen atoms in total. The van der Waals surface area contributed by atoms with Gasteiger partial charge in [0.1, 0.15) is 6.04 Å².